The Morgan fingerprint density at radius 2 is 1.40 bits per heavy atom. The fourth-order valence-electron chi connectivity index (χ4n) is 1.38. The van der Waals surface area contributed by atoms with Gasteiger partial charge >= 0.3 is 11.9 Å². The maximum absolute atomic E-state index is 11.6. The Hall–Kier alpha value is -1.59. The van der Waals surface area contributed by atoms with Crippen LogP contribution in [-0.4, -0.2) is 84.5 Å². The molecule has 116 valence electrons. The molecule has 10 nitrogen and oxygen atoms in total. The third-order valence-corrected chi connectivity index (χ3v) is 2.57. The summed E-state index contributed by atoms with van der Waals surface area (Å²) in [6.07, 6.45) is -9.79. The van der Waals surface area contributed by atoms with Crippen LogP contribution in [0.4, 0.5) is 0 Å². The quantitative estimate of drug-likeness (QED) is 0.207. The van der Waals surface area contributed by atoms with Crippen LogP contribution in [0.5, 0.6) is 0 Å². The molecule has 1 unspecified atom stereocenters. The molecule has 7 N–H and O–H groups in total. The Morgan fingerprint density at radius 1 is 0.900 bits per heavy atom. The minimum Gasteiger partial charge on any atom is -0.481 e. The Labute approximate surface area is 112 Å². The maximum atomic E-state index is 11.6. The standard InChI is InChI=1S/C10H16O10/c11-2-4(12)7(16)9(18)8(17)6(15)3(10(19)20)1-5(13)14/h3-4,7-9,11-12,16-18H,1-2H2,(H,13,14)(H,19,20)/t3?,4-,7-,8+,9+/m1/s1. The van der Waals surface area contributed by atoms with Gasteiger partial charge in [-0.2, -0.15) is 0 Å². The second-order valence-electron chi connectivity index (χ2n) is 4.07. The molecule has 0 fully saturated rings. The molecule has 20 heavy (non-hydrogen) atoms. The lowest BCUT2D eigenvalue weighted by Crippen LogP contribution is -2.51. The molecule has 0 saturated carbocycles. The Morgan fingerprint density at radius 3 is 1.75 bits per heavy atom. The van der Waals surface area contributed by atoms with Crippen molar-refractivity contribution in [2.75, 3.05) is 6.61 Å². The van der Waals surface area contributed by atoms with E-state index in [9.17, 15) is 29.7 Å². The van der Waals surface area contributed by atoms with Gasteiger partial charge in [0.25, 0.3) is 0 Å². The number of hydrogen-bond donors (Lipinski definition) is 7. The molecule has 0 amide bonds. The van der Waals surface area contributed by atoms with Crippen molar-refractivity contribution >= 4 is 17.7 Å². The fraction of sp³-hybridized carbons (Fsp3) is 0.700. The normalized spacial score (nSPS) is 18.6. The van der Waals surface area contributed by atoms with Gasteiger partial charge in [0, 0.05) is 0 Å². The van der Waals surface area contributed by atoms with E-state index < -0.39 is 61.1 Å². The van der Waals surface area contributed by atoms with Gasteiger partial charge in [-0.25, -0.2) is 0 Å². The molecule has 0 spiro atoms. The number of rotatable bonds is 9. The van der Waals surface area contributed by atoms with Crippen molar-refractivity contribution in [2.45, 2.75) is 30.8 Å². The van der Waals surface area contributed by atoms with E-state index >= 15 is 0 Å². The smallest absolute Gasteiger partial charge is 0.314 e. The third kappa shape index (κ3) is 4.83. The predicted molar refractivity (Wildman–Crippen MR) is 59.5 cm³/mol. The summed E-state index contributed by atoms with van der Waals surface area (Å²) >= 11 is 0. The molecule has 5 atom stereocenters. The molecular weight excluding hydrogens is 280 g/mol. The summed E-state index contributed by atoms with van der Waals surface area (Å²) in [4.78, 5) is 32.7. The molecule has 0 aromatic carbocycles. The van der Waals surface area contributed by atoms with Gasteiger partial charge in [-0.1, -0.05) is 0 Å². The van der Waals surface area contributed by atoms with Gasteiger partial charge < -0.3 is 35.7 Å². The molecule has 0 aliphatic rings. The zero-order valence-corrected chi connectivity index (χ0v) is 10.2. The average Bonchev–Trinajstić information content (AvgIpc) is 2.39. The van der Waals surface area contributed by atoms with Crippen LogP contribution in [0.1, 0.15) is 6.42 Å². The number of Topliss-reactive ketones (excluding diaryl/α,β-unsaturated/α-hetero) is 1. The largest absolute Gasteiger partial charge is 0.481 e. The number of ketones is 1. The van der Waals surface area contributed by atoms with Crippen molar-refractivity contribution in [1.29, 1.82) is 0 Å². The lowest BCUT2D eigenvalue weighted by molar-refractivity contribution is -0.161. The summed E-state index contributed by atoms with van der Waals surface area (Å²) in [6, 6.07) is 0. The van der Waals surface area contributed by atoms with Crippen LogP contribution in [0, 0.1) is 5.92 Å². The number of hydrogen-bond acceptors (Lipinski definition) is 8. The first kappa shape index (κ1) is 18.4. The van der Waals surface area contributed by atoms with Gasteiger partial charge in [-0.3, -0.25) is 14.4 Å². The molecule has 0 aliphatic carbocycles. The van der Waals surface area contributed by atoms with E-state index in [0.29, 0.717) is 0 Å². The van der Waals surface area contributed by atoms with E-state index in [1.165, 1.54) is 0 Å². The third-order valence-electron chi connectivity index (χ3n) is 2.57. The second-order valence-corrected chi connectivity index (χ2v) is 4.07. The first-order chi connectivity index (χ1) is 9.13. The van der Waals surface area contributed by atoms with Gasteiger partial charge in [0.15, 0.2) is 5.78 Å². The first-order valence-electron chi connectivity index (χ1n) is 5.44. The van der Waals surface area contributed by atoms with Crippen LogP contribution < -0.4 is 0 Å². The van der Waals surface area contributed by atoms with E-state index in [4.69, 9.17) is 20.4 Å². The predicted octanol–water partition coefficient (Wildman–Crippen LogP) is -3.83. The number of aliphatic hydroxyl groups excluding tert-OH is 5. The zero-order chi connectivity index (χ0) is 16.0. The molecule has 0 heterocycles. The van der Waals surface area contributed by atoms with Gasteiger partial charge in [0.2, 0.25) is 0 Å². The van der Waals surface area contributed by atoms with E-state index in [1.54, 1.807) is 0 Å². The molecule has 0 aliphatic heterocycles. The van der Waals surface area contributed by atoms with Crippen LogP contribution in [0.25, 0.3) is 0 Å². The summed E-state index contributed by atoms with van der Waals surface area (Å²) in [5.41, 5.74) is 0. The summed E-state index contributed by atoms with van der Waals surface area (Å²) in [6.45, 7) is -0.976. The highest BCUT2D eigenvalue weighted by atomic mass is 16.4. The lowest BCUT2D eigenvalue weighted by atomic mass is 9.91. The highest BCUT2D eigenvalue weighted by molar-refractivity contribution is 6.03. The number of carbonyl (C=O) groups is 3. The van der Waals surface area contributed by atoms with Gasteiger partial charge in [-0.05, 0) is 0 Å². The van der Waals surface area contributed by atoms with E-state index in [1.807, 2.05) is 0 Å². The molecule has 0 radical (unpaired) electrons. The van der Waals surface area contributed by atoms with Gasteiger partial charge in [-0.15, -0.1) is 0 Å². The fourth-order valence-corrected chi connectivity index (χ4v) is 1.38. The lowest BCUT2D eigenvalue weighted by Gasteiger charge is -2.26. The first-order valence-corrected chi connectivity index (χ1v) is 5.44. The number of aliphatic hydroxyl groups is 5. The van der Waals surface area contributed by atoms with Crippen LogP contribution in [-0.2, 0) is 14.4 Å². The maximum Gasteiger partial charge on any atom is 0.314 e. The summed E-state index contributed by atoms with van der Waals surface area (Å²) in [5, 5.41) is 62.8. The van der Waals surface area contributed by atoms with E-state index in [2.05, 4.69) is 0 Å². The number of carbonyl (C=O) groups excluding carboxylic acids is 1. The molecule has 0 bridgehead atoms. The Kier molecular flexibility index (Phi) is 7.24. The number of carboxylic acid groups (broad SMARTS) is 2. The van der Waals surface area contributed by atoms with Gasteiger partial charge in [0.1, 0.15) is 30.3 Å². The Bertz CT molecular complexity index is 367. The van der Waals surface area contributed by atoms with Crippen LogP contribution >= 0.6 is 0 Å². The zero-order valence-electron chi connectivity index (χ0n) is 10.2. The summed E-state index contributed by atoms with van der Waals surface area (Å²) in [7, 11) is 0. The van der Waals surface area contributed by atoms with E-state index in [0.717, 1.165) is 0 Å². The molecule has 0 rings (SSSR count). The number of aliphatic carboxylic acids is 2. The highest BCUT2D eigenvalue weighted by Crippen LogP contribution is 2.14. The molecule has 0 aromatic rings. The highest BCUT2D eigenvalue weighted by Gasteiger charge is 2.40. The average molecular weight is 296 g/mol. The van der Waals surface area contributed by atoms with Crippen molar-refractivity contribution in [1.82, 2.24) is 0 Å². The number of carboxylic acids is 2. The second kappa shape index (κ2) is 7.87. The molecule has 0 saturated heterocycles. The monoisotopic (exact) mass is 296 g/mol. The van der Waals surface area contributed by atoms with Crippen LogP contribution in [0.3, 0.4) is 0 Å². The molecular formula is C10H16O10. The summed E-state index contributed by atoms with van der Waals surface area (Å²) in [5.74, 6) is -7.07. The molecule has 0 aromatic heterocycles. The van der Waals surface area contributed by atoms with Crippen molar-refractivity contribution < 1.29 is 50.1 Å². The summed E-state index contributed by atoms with van der Waals surface area (Å²) < 4.78 is 0. The SMILES string of the molecule is O=C(O)CC(C(=O)O)C(=O)[C@H](O)[C@@H](O)[C@H](O)[C@H](O)CO. The Balaban J connectivity index is 4.96. The van der Waals surface area contributed by atoms with Crippen molar-refractivity contribution in [3.8, 4) is 0 Å². The minimum absolute atomic E-state index is 0.976. The van der Waals surface area contributed by atoms with Crippen LogP contribution in [0.2, 0.25) is 0 Å². The van der Waals surface area contributed by atoms with Crippen molar-refractivity contribution in [3.05, 3.63) is 0 Å². The van der Waals surface area contributed by atoms with Crippen molar-refractivity contribution in [3.63, 3.8) is 0 Å². The van der Waals surface area contributed by atoms with E-state index in [-0.39, 0.29) is 0 Å². The van der Waals surface area contributed by atoms with Crippen LogP contribution in [0.15, 0.2) is 0 Å². The molecule has 10 heteroatoms. The topological polar surface area (TPSA) is 193 Å². The minimum atomic E-state index is -2.42. The van der Waals surface area contributed by atoms with Gasteiger partial charge in [0.05, 0.1) is 13.0 Å². The van der Waals surface area contributed by atoms with Crippen molar-refractivity contribution in [2.24, 2.45) is 5.92 Å².